The van der Waals surface area contributed by atoms with E-state index in [1.54, 1.807) is 7.11 Å². The molecule has 0 saturated carbocycles. The van der Waals surface area contributed by atoms with Gasteiger partial charge in [-0.1, -0.05) is 36.4 Å². The van der Waals surface area contributed by atoms with Crippen molar-refractivity contribution >= 4 is 17.5 Å². The summed E-state index contributed by atoms with van der Waals surface area (Å²) in [6.07, 6.45) is 0.454. The van der Waals surface area contributed by atoms with E-state index in [0.29, 0.717) is 13.0 Å². The number of methoxy groups -OCH3 is 1. The van der Waals surface area contributed by atoms with Crippen LogP contribution in [0, 0.1) is 6.92 Å². The van der Waals surface area contributed by atoms with Gasteiger partial charge in [0, 0.05) is 12.2 Å². The van der Waals surface area contributed by atoms with E-state index in [1.165, 1.54) is 0 Å². The molecule has 0 spiro atoms. The van der Waals surface area contributed by atoms with Crippen LogP contribution in [0.3, 0.4) is 0 Å². The summed E-state index contributed by atoms with van der Waals surface area (Å²) in [5.41, 5.74) is 2.71. The minimum absolute atomic E-state index is 0.194. The quantitative estimate of drug-likeness (QED) is 0.769. The number of para-hydroxylation sites is 2. The number of hydrogen-bond donors (Lipinski definition) is 2. The number of amides is 2. The summed E-state index contributed by atoms with van der Waals surface area (Å²) in [6.45, 7) is 2.36. The average Bonchev–Trinajstić information content (AvgIpc) is 2.57. The van der Waals surface area contributed by atoms with Crippen LogP contribution in [-0.4, -0.2) is 25.5 Å². The van der Waals surface area contributed by atoms with Gasteiger partial charge in [-0.15, -0.1) is 0 Å². The van der Waals surface area contributed by atoms with Crippen LogP contribution in [-0.2, 0) is 16.0 Å². The van der Waals surface area contributed by atoms with Crippen molar-refractivity contribution in [1.29, 1.82) is 0 Å². The largest absolute Gasteiger partial charge is 0.496 e. The minimum atomic E-state index is -0.320. The lowest BCUT2D eigenvalue weighted by Gasteiger charge is -2.10. The van der Waals surface area contributed by atoms with Crippen molar-refractivity contribution in [3.8, 4) is 5.75 Å². The van der Waals surface area contributed by atoms with Gasteiger partial charge in [0.2, 0.25) is 11.8 Å². The zero-order valence-corrected chi connectivity index (χ0v) is 14.0. The number of carbonyl (C=O) groups is 2. The zero-order chi connectivity index (χ0) is 17.4. The second-order valence-corrected chi connectivity index (χ2v) is 5.45. The van der Waals surface area contributed by atoms with Gasteiger partial charge in [0.1, 0.15) is 12.2 Å². The van der Waals surface area contributed by atoms with Crippen molar-refractivity contribution in [2.45, 2.75) is 19.8 Å². The van der Waals surface area contributed by atoms with Crippen LogP contribution in [0.25, 0.3) is 0 Å². The van der Waals surface area contributed by atoms with Crippen molar-refractivity contribution in [3.63, 3.8) is 0 Å². The molecule has 5 nitrogen and oxygen atoms in total. The molecule has 0 unspecified atom stereocenters. The van der Waals surface area contributed by atoms with Crippen molar-refractivity contribution < 1.29 is 14.3 Å². The highest BCUT2D eigenvalue weighted by molar-refractivity contribution is 6.03. The summed E-state index contributed by atoms with van der Waals surface area (Å²) in [6, 6.07) is 15.1. The maximum absolute atomic E-state index is 11.9. The Morgan fingerprint density at radius 1 is 1.00 bits per heavy atom. The summed E-state index contributed by atoms with van der Waals surface area (Å²) in [7, 11) is 1.62. The number of rotatable bonds is 7. The molecule has 2 amide bonds. The van der Waals surface area contributed by atoms with Crippen LogP contribution >= 0.6 is 0 Å². The molecule has 2 aromatic rings. The van der Waals surface area contributed by atoms with E-state index < -0.39 is 0 Å². The van der Waals surface area contributed by atoms with Gasteiger partial charge < -0.3 is 15.4 Å². The Morgan fingerprint density at radius 2 is 1.71 bits per heavy atom. The maximum atomic E-state index is 11.9. The highest BCUT2D eigenvalue weighted by Crippen LogP contribution is 2.17. The van der Waals surface area contributed by atoms with E-state index in [4.69, 9.17) is 4.74 Å². The fraction of sp³-hybridized carbons (Fsp3) is 0.263. The first-order valence-electron chi connectivity index (χ1n) is 7.84. The molecule has 126 valence electrons. The summed E-state index contributed by atoms with van der Waals surface area (Å²) in [4.78, 5) is 23.8. The van der Waals surface area contributed by atoms with Gasteiger partial charge in [0.15, 0.2) is 0 Å². The summed E-state index contributed by atoms with van der Waals surface area (Å²) >= 11 is 0. The summed E-state index contributed by atoms with van der Waals surface area (Å²) in [5.74, 6) is 0.180. The molecule has 0 radical (unpaired) electrons. The highest BCUT2D eigenvalue weighted by atomic mass is 16.5. The fourth-order valence-corrected chi connectivity index (χ4v) is 2.36. The van der Waals surface area contributed by atoms with Gasteiger partial charge in [-0.25, -0.2) is 0 Å². The Balaban J connectivity index is 1.77. The maximum Gasteiger partial charge on any atom is 0.233 e. The van der Waals surface area contributed by atoms with Crippen LogP contribution in [0.2, 0.25) is 0 Å². The number of aryl methyl sites for hydroxylation is 1. The monoisotopic (exact) mass is 326 g/mol. The van der Waals surface area contributed by atoms with Gasteiger partial charge >= 0.3 is 0 Å². The third-order valence-electron chi connectivity index (χ3n) is 3.65. The first kappa shape index (κ1) is 17.5. The third kappa shape index (κ3) is 5.12. The van der Waals surface area contributed by atoms with Crippen molar-refractivity contribution in [2.75, 3.05) is 19.0 Å². The molecule has 0 bridgehead atoms. The summed E-state index contributed by atoms with van der Waals surface area (Å²) < 4.78 is 5.27. The van der Waals surface area contributed by atoms with E-state index in [2.05, 4.69) is 10.6 Å². The SMILES string of the molecule is COc1ccccc1CCNC(=O)CC(=O)Nc1ccccc1C. The molecule has 24 heavy (non-hydrogen) atoms. The summed E-state index contributed by atoms with van der Waals surface area (Å²) in [5, 5.41) is 5.51. The van der Waals surface area contributed by atoms with Crippen LogP contribution in [0.4, 0.5) is 5.69 Å². The molecular weight excluding hydrogens is 304 g/mol. The first-order chi connectivity index (χ1) is 11.6. The Hall–Kier alpha value is -2.82. The molecule has 2 aromatic carbocycles. The van der Waals surface area contributed by atoms with Gasteiger partial charge in [0.25, 0.3) is 0 Å². The molecule has 0 aliphatic heterocycles. The third-order valence-corrected chi connectivity index (χ3v) is 3.65. The first-order valence-corrected chi connectivity index (χ1v) is 7.84. The highest BCUT2D eigenvalue weighted by Gasteiger charge is 2.10. The van der Waals surface area contributed by atoms with Crippen LogP contribution < -0.4 is 15.4 Å². The molecule has 0 saturated heterocycles. The fourth-order valence-electron chi connectivity index (χ4n) is 2.36. The molecule has 5 heteroatoms. The van der Waals surface area contributed by atoms with Crippen LogP contribution in [0.1, 0.15) is 17.5 Å². The molecule has 0 aromatic heterocycles. The molecule has 2 rings (SSSR count). The number of benzene rings is 2. The van der Waals surface area contributed by atoms with E-state index in [9.17, 15) is 9.59 Å². The second kappa shape index (κ2) is 8.72. The van der Waals surface area contributed by atoms with Crippen molar-refractivity contribution in [2.24, 2.45) is 0 Å². The van der Waals surface area contributed by atoms with E-state index >= 15 is 0 Å². The van der Waals surface area contributed by atoms with Gasteiger partial charge in [-0.3, -0.25) is 9.59 Å². The minimum Gasteiger partial charge on any atom is -0.496 e. The Labute approximate surface area is 142 Å². The standard InChI is InChI=1S/C19H22N2O3/c1-14-7-3-5-9-16(14)21-19(23)13-18(22)20-12-11-15-8-4-6-10-17(15)24-2/h3-10H,11-13H2,1-2H3,(H,20,22)(H,21,23). The number of carbonyl (C=O) groups excluding carboxylic acids is 2. The number of nitrogens with one attached hydrogen (secondary N) is 2. The Kier molecular flexibility index (Phi) is 6.37. The topological polar surface area (TPSA) is 67.4 Å². The van der Waals surface area contributed by atoms with Gasteiger partial charge in [-0.2, -0.15) is 0 Å². The molecule has 0 heterocycles. The molecule has 0 atom stereocenters. The molecule has 0 aliphatic carbocycles. The predicted octanol–water partition coefficient (Wildman–Crippen LogP) is 2.69. The van der Waals surface area contributed by atoms with Crippen molar-refractivity contribution in [3.05, 3.63) is 59.7 Å². The van der Waals surface area contributed by atoms with Gasteiger partial charge in [0.05, 0.1) is 7.11 Å². The number of ether oxygens (including phenoxy) is 1. The lowest BCUT2D eigenvalue weighted by molar-refractivity contribution is -0.126. The number of hydrogen-bond acceptors (Lipinski definition) is 3. The van der Waals surface area contributed by atoms with E-state index in [0.717, 1.165) is 22.6 Å². The Bertz CT molecular complexity index is 713. The molecule has 0 fully saturated rings. The lowest BCUT2D eigenvalue weighted by Crippen LogP contribution is -2.29. The van der Waals surface area contributed by atoms with E-state index in [-0.39, 0.29) is 18.2 Å². The average molecular weight is 326 g/mol. The van der Waals surface area contributed by atoms with Crippen LogP contribution in [0.15, 0.2) is 48.5 Å². The second-order valence-electron chi connectivity index (χ2n) is 5.45. The van der Waals surface area contributed by atoms with Crippen molar-refractivity contribution in [1.82, 2.24) is 5.32 Å². The normalized spacial score (nSPS) is 10.1. The Morgan fingerprint density at radius 3 is 2.46 bits per heavy atom. The molecule has 2 N–H and O–H groups in total. The molecule has 0 aliphatic rings. The lowest BCUT2D eigenvalue weighted by atomic mass is 10.1. The smallest absolute Gasteiger partial charge is 0.233 e. The van der Waals surface area contributed by atoms with E-state index in [1.807, 2.05) is 55.5 Å². The van der Waals surface area contributed by atoms with Crippen LogP contribution in [0.5, 0.6) is 5.75 Å². The zero-order valence-electron chi connectivity index (χ0n) is 14.0. The number of anilines is 1. The molecular formula is C19H22N2O3. The van der Waals surface area contributed by atoms with Gasteiger partial charge in [-0.05, 0) is 36.6 Å². The predicted molar refractivity (Wildman–Crippen MR) is 94.1 cm³/mol.